The van der Waals surface area contributed by atoms with E-state index in [4.69, 9.17) is 4.74 Å². The Labute approximate surface area is 137 Å². The molecule has 1 aliphatic heterocycles. The fourth-order valence-electron chi connectivity index (χ4n) is 2.74. The summed E-state index contributed by atoms with van der Waals surface area (Å²) in [6.45, 7) is 2.39. The SMILES string of the molecule is CC[C@H](NC(=O)NC[C@@H]1CCS(=O)(=O)C1)c1ccc(OC)cc1. The van der Waals surface area contributed by atoms with E-state index in [1.54, 1.807) is 7.11 Å². The number of benzene rings is 1. The smallest absolute Gasteiger partial charge is 0.315 e. The lowest BCUT2D eigenvalue weighted by Gasteiger charge is -2.19. The van der Waals surface area contributed by atoms with Gasteiger partial charge in [-0.2, -0.15) is 0 Å². The number of urea groups is 1. The van der Waals surface area contributed by atoms with Gasteiger partial charge in [0.15, 0.2) is 9.84 Å². The van der Waals surface area contributed by atoms with Crippen LogP contribution in [0.4, 0.5) is 4.79 Å². The lowest BCUT2D eigenvalue weighted by Crippen LogP contribution is -2.40. The van der Waals surface area contributed by atoms with Crippen LogP contribution >= 0.6 is 0 Å². The number of methoxy groups -OCH3 is 1. The molecule has 2 amide bonds. The molecule has 0 aromatic heterocycles. The van der Waals surface area contributed by atoms with Crippen LogP contribution in [0.5, 0.6) is 5.75 Å². The predicted octanol–water partition coefficient (Wildman–Crippen LogP) is 1.88. The lowest BCUT2D eigenvalue weighted by atomic mass is 10.0. The quantitative estimate of drug-likeness (QED) is 0.828. The van der Waals surface area contributed by atoms with Gasteiger partial charge in [-0.05, 0) is 36.5 Å². The van der Waals surface area contributed by atoms with Crippen LogP contribution in [0.3, 0.4) is 0 Å². The van der Waals surface area contributed by atoms with E-state index in [0.29, 0.717) is 13.0 Å². The van der Waals surface area contributed by atoms with Gasteiger partial charge in [0.25, 0.3) is 0 Å². The molecule has 1 aliphatic rings. The van der Waals surface area contributed by atoms with Crippen LogP contribution in [0.2, 0.25) is 0 Å². The molecule has 7 heteroatoms. The Morgan fingerprint density at radius 1 is 1.35 bits per heavy atom. The summed E-state index contributed by atoms with van der Waals surface area (Å²) < 4.78 is 27.9. The third-order valence-corrected chi connectivity index (χ3v) is 5.95. The average Bonchev–Trinajstić information content (AvgIpc) is 2.90. The zero-order valence-electron chi connectivity index (χ0n) is 13.5. The molecule has 23 heavy (non-hydrogen) atoms. The number of nitrogens with one attached hydrogen (secondary N) is 2. The monoisotopic (exact) mass is 340 g/mol. The molecule has 2 N–H and O–H groups in total. The zero-order chi connectivity index (χ0) is 16.9. The maximum absolute atomic E-state index is 12.0. The zero-order valence-corrected chi connectivity index (χ0v) is 14.4. The fourth-order valence-corrected chi connectivity index (χ4v) is 4.60. The van der Waals surface area contributed by atoms with Crippen molar-refractivity contribution < 1.29 is 17.9 Å². The second kappa shape index (κ2) is 7.68. The van der Waals surface area contributed by atoms with Crippen molar-refractivity contribution in [1.29, 1.82) is 0 Å². The van der Waals surface area contributed by atoms with Gasteiger partial charge in [0, 0.05) is 6.54 Å². The molecule has 128 valence electrons. The second-order valence-electron chi connectivity index (χ2n) is 5.86. The third-order valence-electron chi connectivity index (χ3n) is 4.11. The molecule has 0 aliphatic carbocycles. The van der Waals surface area contributed by atoms with Crippen LogP contribution in [-0.4, -0.2) is 39.6 Å². The Balaban J connectivity index is 1.84. The summed E-state index contributed by atoms with van der Waals surface area (Å²) in [6, 6.07) is 7.22. The normalized spacial score (nSPS) is 20.7. The summed E-state index contributed by atoms with van der Waals surface area (Å²) in [4.78, 5) is 12.0. The molecule has 2 rings (SSSR count). The first kappa shape index (κ1) is 17.6. The van der Waals surface area contributed by atoms with Gasteiger partial charge < -0.3 is 15.4 Å². The number of carbonyl (C=O) groups excluding carboxylic acids is 1. The van der Waals surface area contributed by atoms with Crippen LogP contribution in [0.1, 0.15) is 31.4 Å². The van der Waals surface area contributed by atoms with Gasteiger partial charge >= 0.3 is 6.03 Å². The van der Waals surface area contributed by atoms with Crippen molar-refractivity contribution in [1.82, 2.24) is 10.6 Å². The van der Waals surface area contributed by atoms with E-state index in [-0.39, 0.29) is 29.5 Å². The Morgan fingerprint density at radius 3 is 2.57 bits per heavy atom. The highest BCUT2D eigenvalue weighted by Gasteiger charge is 2.28. The van der Waals surface area contributed by atoms with Gasteiger partial charge in [-0.1, -0.05) is 19.1 Å². The molecular formula is C16H24N2O4S. The molecule has 1 fully saturated rings. The number of ether oxygens (including phenoxy) is 1. The molecule has 0 unspecified atom stereocenters. The second-order valence-corrected chi connectivity index (χ2v) is 8.09. The van der Waals surface area contributed by atoms with E-state index >= 15 is 0 Å². The standard InChI is InChI=1S/C16H24N2O4S/c1-3-15(13-4-6-14(22-2)7-5-13)18-16(19)17-10-12-8-9-23(20,21)11-12/h4-7,12,15H,3,8-11H2,1-2H3,(H2,17,18,19)/t12-,15-/m0/s1. The Morgan fingerprint density at radius 2 is 2.04 bits per heavy atom. The van der Waals surface area contributed by atoms with Crippen LogP contribution < -0.4 is 15.4 Å². The number of amides is 2. The lowest BCUT2D eigenvalue weighted by molar-refractivity contribution is 0.235. The van der Waals surface area contributed by atoms with E-state index in [1.807, 2.05) is 31.2 Å². The number of rotatable bonds is 6. The largest absolute Gasteiger partial charge is 0.497 e. The van der Waals surface area contributed by atoms with E-state index in [9.17, 15) is 13.2 Å². The van der Waals surface area contributed by atoms with Crippen LogP contribution in [0.25, 0.3) is 0 Å². The molecule has 6 nitrogen and oxygen atoms in total. The van der Waals surface area contributed by atoms with Gasteiger partial charge in [-0.3, -0.25) is 0 Å². The van der Waals surface area contributed by atoms with Crippen molar-refractivity contribution in [2.24, 2.45) is 5.92 Å². The first-order valence-corrected chi connectivity index (χ1v) is 9.64. The number of carbonyl (C=O) groups is 1. The van der Waals surface area contributed by atoms with Crippen molar-refractivity contribution in [2.75, 3.05) is 25.2 Å². The molecule has 0 radical (unpaired) electrons. The maximum atomic E-state index is 12.0. The van der Waals surface area contributed by atoms with Crippen molar-refractivity contribution in [3.05, 3.63) is 29.8 Å². The molecule has 1 aromatic rings. The Kier molecular flexibility index (Phi) is 5.87. The van der Waals surface area contributed by atoms with Gasteiger partial charge in [-0.15, -0.1) is 0 Å². The number of sulfone groups is 1. The molecule has 1 heterocycles. The van der Waals surface area contributed by atoms with Crippen LogP contribution in [0.15, 0.2) is 24.3 Å². The minimum atomic E-state index is -2.90. The molecule has 1 aromatic carbocycles. The number of hydrogen-bond acceptors (Lipinski definition) is 4. The Bertz CT molecular complexity index is 628. The third kappa shape index (κ3) is 5.13. The molecule has 2 atom stereocenters. The van der Waals surface area contributed by atoms with Crippen molar-refractivity contribution in [3.63, 3.8) is 0 Å². The van der Waals surface area contributed by atoms with E-state index in [0.717, 1.165) is 17.7 Å². The van der Waals surface area contributed by atoms with E-state index < -0.39 is 9.84 Å². The molecule has 1 saturated heterocycles. The van der Waals surface area contributed by atoms with Crippen LogP contribution in [-0.2, 0) is 9.84 Å². The molecular weight excluding hydrogens is 316 g/mol. The highest BCUT2D eigenvalue weighted by molar-refractivity contribution is 7.91. The maximum Gasteiger partial charge on any atom is 0.315 e. The molecule has 0 bridgehead atoms. The Hall–Kier alpha value is -1.76. The summed E-state index contributed by atoms with van der Waals surface area (Å²) in [7, 11) is -1.29. The van der Waals surface area contributed by atoms with Gasteiger partial charge in [0.05, 0.1) is 24.7 Å². The summed E-state index contributed by atoms with van der Waals surface area (Å²) >= 11 is 0. The minimum Gasteiger partial charge on any atom is -0.497 e. The topological polar surface area (TPSA) is 84.5 Å². The van der Waals surface area contributed by atoms with Gasteiger partial charge in [0.1, 0.15) is 5.75 Å². The minimum absolute atomic E-state index is 0.0202. The summed E-state index contributed by atoms with van der Waals surface area (Å²) in [5, 5.41) is 5.71. The summed E-state index contributed by atoms with van der Waals surface area (Å²) in [6.07, 6.45) is 1.38. The van der Waals surface area contributed by atoms with Crippen molar-refractivity contribution >= 4 is 15.9 Å². The first-order chi connectivity index (χ1) is 10.9. The highest BCUT2D eigenvalue weighted by atomic mass is 32.2. The van der Waals surface area contributed by atoms with E-state index in [2.05, 4.69) is 10.6 Å². The highest BCUT2D eigenvalue weighted by Crippen LogP contribution is 2.20. The van der Waals surface area contributed by atoms with Crippen molar-refractivity contribution in [3.8, 4) is 5.75 Å². The summed E-state index contributed by atoms with van der Waals surface area (Å²) in [5.41, 5.74) is 1.01. The van der Waals surface area contributed by atoms with Gasteiger partial charge in [0.2, 0.25) is 0 Å². The average molecular weight is 340 g/mol. The molecule has 0 saturated carbocycles. The summed E-state index contributed by atoms with van der Waals surface area (Å²) in [5.74, 6) is 1.19. The van der Waals surface area contributed by atoms with E-state index in [1.165, 1.54) is 0 Å². The fraction of sp³-hybridized carbons (Fsp3) is 0.562. The molecule has 0 spiro atoms. The number of hydrogen-bond donors (Lipinski definition) is 2. The van der Waals surface area contributed by atoms with Crippen LogP contribution in [0, 0.1) is 5.92 Å². The van der Waals surface area contributed by atoms with Crippen molar-refractivity contribution in [2.45, 2.75) is 25.8 Å². The first-order valence-electron chi connectivity index (χ1n) is 7.82. The predicted molar refractivity (Wildman–Crippen MR) is 89.3 cm³/mol. The van der Waals surface area contributed by atoms with Gasteiger partial charge in [-0.25, -0.2) is 13.2 Å².